The van der Waals surface area contributed by atoms with Crippen molar-refractivity contribution in [3.8, 4) is 6.07 Å². The Morgan fingerprint density at radius 3 is 2.50 bits per heavy atom. The summed E-state index contributed by atoms with van der Waals surface area (Å²) in [5.41, 5.74) is 5.57. The standard InChI is InChI=1S/C6H10N2/c7-4-5-2-1-3-6(5)8/h5-6H,1-3,8H2/t5-,6-/m1/s1. The minimum atomic E-state index is 0.148. The van der Waals surface area contributed by atoms with Crippen LogP contribution < -0.4 is 5.73 Å². The van der Waals surface area contributed by atoms with Crippen LogP contribution >= 0.6 is 0 Å². The SMILES string of the molecule is N#C[C@H]1CCC[C@H]1N. The normalized spacial score (nSPS) is 37.0. The summed E-state index contributed by atoms with van der Waals surface area (Å²) in [7, 11) is 0. The summed E-state index contributed by atoms with van der Waals surface area (Å²) >= 11 is 0. The molecule has 1 saturated carbocycles. The lowest BCUT2D eigenvalue weighted by atomic mass is 10.1. The second-order valence-corrected chi connectivity index (χ2v) is 2.33. The number of nitriles is 1. The van der Waals surface area contributed by atoms with E-state index in [-0.39, 0.29) is 12.0 Å². The molecule has 44 valence electrons. The van der Waals surface area contributed by atoms with Crippen LogP contribution in [0.2, 0.25) is 0 Å². The highest BCUT2D eigenvalue weighted by Crippen LogP contribution is 2.22. The first kappa shape index (κ1) is 5.58. The number of hydrogen-bond acceptors (Lipinski definition) is 2. The maximum absolute atomic E-state index is 8.41. The van der Waals surface area contributed by atoms with Gasteiger partial charge in [-0.05, 0) is 12.8 Å². The van der Waals surface area contributed by atoms with Gasteiger partial charge in [-0.15, -0.1) is 0 Å². The van der Waals surface area contributed by atoms with Crippen molar-refractivity contribution < 1.29 is 0 Å². The molecular weight excluding hydrogens is 100 g/mol. The van der Waals surface area contributed by atoms with Gasteiger partial charge in [0.2, 0.25) is 0 Å². The van der Waals surface area contributed by atoms with Crippen LogP contribution in [-0.2, 0) is 0 Å². The summed E-state index contributed by atoms with van der Waals surface area (Å²) in [6, 6.07) is 2.36. The largest absolute Gasteiger partial charge is 0.327 e. The molecular formula is C6H10N2. The van der Waals surface area contributed by atoms with Crippen molar-refractivity contribution in [2.45, 2.75) is 25.3 Å². The molecule has 0 unspecified atom stereocenters. The van der Waals surface area contributed by atoms with Crippen LogP contribution in [0.5, 0.6) is 0 Å². The second kappa shape index (κ2) is 2.15. The summed E-state index contributed by atoms with van der Waals surface area (Å²) in [5.74, 6) is 0.148. The fraction of sp³-hybridized carbons (Fsp3) is 0.833. The molecule has 0 aromatic rings. The molecule has 0 spiro atoms. The average Bonchev–Trinajstić information content (AvgIpc) is 2.14. The van der Waals surface area contributed by atoms with E-state index < -0.39 is 0 Å². The van der Waals surface area contributed by atoms with Crippen LogP contribution in [0.4, 0.5) is 0 Å². The van der Waals surface area contributed by atoms with Gasteiger partial charge in [0.25, 0.3) is 0 Å². The summed E-state index contributed by atoms with van der Waals surface area (Å²) in [5, 5.41) is 8.41. The van der Waals surface area contributed by atoms with Gasteiger partial charge < -0.3 is 5.73 Å². The Bertz CT molecular complexity index is 114. The Kier molecular flexibility index (Phi) is 1.50. The second-order valence-electron chi connectivity index (χ2n) is 2.33. The van der Waals surface area contributed by atoms with E-state index in [0.29, 0.717) is 0 Å². The maximum atomic E-state index is 8.41. The molecule has 0 aromatic heterocycles. The fourth-order valence-corrected chi connectivity index (χ4v) is 1.15. The molecule has 0 amide bonds. The van der Waals surface area contributed by atoms with Crippen molar-refractivity contribution in [1.82, 2.24) is 0 Å². The van der Waals surface area contributed by atoms with E-state index >= 15 is 0 Å². The Morgan fingerprint density at radius 1 is 1.50 bits per heavy atom. The molecule has 2 heteroatoms. The molecule has 1 rings (SSSR count). The lowest BCUT2D eigenvalue weighted by molar-refractivity contribution is 0.593. The number of nitrogens with zero attached hydrogens (tertiary/aromatic N) is 1. The molecule has 0 heterocycles. The van der Waals surface area contributed by atoms with Gasteiger partial charge in [0.1, 0.15) is 0 Å². The van der Waals surface area contributed by atoms with Crippen LogP contribution in [-0.4, -0.2) is 6.04 Å². The predicted octanol–water partition coefficient (Wildman–Crippen LogP) is 0.637. The molecule has 1 aliphatic rings. The topological polar surface area (TPSA) is 49.8 Å². The molecule has 0 aliphatic heterocycles. The molecule has 0 saturated heterocycles. The van der Waals surface area contributed by atoms with Gasteiger partial charge in [-0.1, -0.05) is 6.42 Å². The molecule has 1 aliphatic carbocycles. The van der Waals surface area contributed by atoms with Crippen LogP contribution in [0.1, 0.15) is 19.3 Å². The van der Waals surface area contributed by atoms with Gasteiger partial charge in [0.05, 0.1) is 12.0 Å². The van der Waals surface area contributed by atoms with Crippen molar-refractivity contribution in [2.75, 3.05) is 0 Å². The molecule has 0 radical (unpaired) electrons. The Hall–Kier alpha value is -0.550. The van der Waals surface area contributed by atoms with Gasteiger partial charge in [-0.3, -0.25) is 0 Å². The zero-order valence-electron chi connectivity index (χ0n) is 4.80. The average molecular weight is 110 g/mol. The first-order valence-corrected chi connectivity index (χ1v) is 3.00. The van der Waals surface area contributed by atoms with Crippen LogP contribution in [0.25, 0.3) is 0 Å². The van der Waals surface area contributed by atoms with Gasteiger partial charge in [-0.2, -0.15) is 5.26 Å². The molecule has 8 heavy (non-hydrogen) atoms. The predicted molar refractivity (Wildman–Crippen MR) is 30.9 cm³/mol. The van der Waals surface area contributed by atoms with Crippen molar-refractivity contribution in [3.63, 3.8) is 0 Å². The van der Waals surface area contributed by atoms with Crippen molar-refractivity contribution >= 4 is 0 Å². The third kappa shape index (κ3) is 0.823. The molecule has 2 N–H and O–H groups in total. The van der Waals surface area contributed by atoms with E-state index in [9.17, 15) is 0 Å². The third-order valence-corrected chi connectivity index (χ3v) is 1.74. The smallest absolute Gasteiger partial charge is 0.0672 e. The van der Waals surface area contributed by atoms with Crippen molar-refractivity contribution in [2.24, 2.45) is 11.7 Å². The minimum Gasteiger partial charge on any atom is -0.327 e. The van der Waals surface area contributed by atoms with E-state index in [2.05, 4.69) is 6.07 Å². The lowest BCUT2D eigenvalue weighted by Crippen LogP contribution is -2.22. The summed E-state index contributed by atoms with van der Waals surface area (Å²) in [6.45, 7) is 0. The number of hydrogen-bond donors (Lipinski definition) is 1. The van der Waals surface area contributed by atoms with E-state index in [1.54, 1.807) is 0 Å². The van der Waals surface area contributed by atoms with Gasteiger partial charge >= 0.3 is 0 Å². The monoisotopic (exact) mass is 110 g/mol. The maximum Gasteiger partial charge on any atom is 0.0672 e. The van der Waals surface area contributed by atoms with E-state index in [1.165, 1.54) is 0 Å². The molecule has 1 fully saturated rings. The van der Waals surface area contributed by atoms with Crippen LogP contribution in [0.15, 0.2) is 0 Å². The van der Waals surface area contributed by atoms with Crippen LogP contribution in [0.3, 0.4) is 0 Å². The number of nitrogens with two attached hydrogens (primary N) is 1. The van der Waals surface area contributed by atoms with E-state index in [4.69, 9.17) is 11.0 Å². The summed E-state index contributed by atoms with van der Waals surface area (Å²) in [6.07, 6.45) is 3.19. The molecule has 0 aromatic carbocycles. The minimum absolute atomic E-state index is 0.148. The Morgan fingerprint density at radius 2 is 2.25 bits per heavy atom. The Balaban J connectivity index is 2.45. The first-order chi connectivity index (χ1) is 3.84. The van der Waals surface area contributed by atoms with Crippen molar-refractivity contribution in [1.29, 1.82) is 5.26 Å². The highest BCUT2D eigenvalue weighted by atomic mass is 14.7. The Labute approximate surface area is 49.3 Å². The molecule has 2 atom stereocenters. The summed E-state index contributed by atoms with van der Waals surface area (Å²) in [4.78, 5) is 0. The van der Waals surface area contributed by atoms with E-state index in [0.717, 1.165) is 19.3 Å². The van der Waals surface area contributed by atoms with Gasteiger partial charge in [-0.25, -0.2) is 0 Å². The third-order valence-electron chi connectivity index (χ3n) is 1.74. The fourth-order valence-electron chi connectivity index (χ4n) is 1.15. The number of rotatable bonds is 0. The first-order valence-electron chi connectivity index (χ1n) is 3.00. The van der Waals surface area contributed by atoms with Gasteiger partial charge in [0.15, 0.2) is 0 Å². The molecule has 2 nitrogen and oxygen atoms in total. The lowest BCUT2D eigenvalue weighted by Gasteiger charge is -2.02. The zero-order chi connectivity index (χ0) is 5.98. The summed E-state index contributed by atoms with van der Waals surface area (Å²) < 4.78 is 0. The quantitative estimate of drug-likeness (QED) is 0.497. The highest BCUT2D eigenvalue weighted by molar-refractivity contribution is 4.94. The van der Waals surface area contributed by atoms with Gasteiger partial charge in [0, 0.05) is 6.04 Å². The zero-order valence-corrected chi connectivity index (χ0v) is 4.80. The van der Waals surface area contributed by atoms with E-state index in [1.807, 2.05) is 0 Å². The highest BCUT2D eigenvalue weighted by Gasteiger charge is 2.22. The van der Waals surface area contributed by atoms with Crippen LogP contribution in [0, 0.1) is 17.2 Å². The molecule has 0 bridgehead atoms. The van der Waals surface area contributed by atoms with Crippen molar-refractivity contribution in [3.05, 3.63) is 0 Å².